The van der Waals surface area contributed by atoms with Gasteiger partial charge in [-0.25, -0.2) is 9.21 Å². The van der Waals surface area contributed by atoms with E-state index in [0.717, 1.165) is 26.7 Å². The molecule has 1 aliphatic heterocycles. The van der Waals surface area contributed by atoms with Crippen molar-refractivity contribution in [1.82, 2.24) is 15.2 Å². The smallest absolute Gasteiger partial charge is 0.411 e. The molecule has 12 heteroatoms. The third-order valence-electron chi connectivity index (χ3n) is 10.2. The number of para-hydroxylation sites is 1. The van der Waals surface area contributed by atoms with Gasteiger partial charge in [-0.05, 0) is 65.4 Å². The molecular weight excluding hydrogens is 754 g/mol. The lowest BCUT2D eigenvalue weighted by Gasteiger charge is -2.31. The summed E-state index contributed by atoms with van der Waals surface area (Å²) in [6.45, 7) is 3.04. The van der Waals surface area contributed by atoms with Crippen LogP contribution in [0.5, 0.6) is 5.75 Å². The Balaban J connectivity index is 0.830. The molecule has 1 atom stereocenters. The number of carbonyl (C=O) groups excluding carboxylic acids is 2. The van der Waals surface area contributed by atoms with Crippen LogP contribution in [-0.2, 0) is 22.7 Å². The van der Waals surface area contributed by atoms with E-state index in [9.17, 15) is 19.5 Å². The highest BCUT2D eigenvalue weighted by atomic mass is 35.5. The van der Waals surface area contributed by atoms with E-state index in [1.54, 1.807) is 24.3 Å². The van der Waals surface area contributed by atoms with Crippen LogP contribution in [0.2, 0.25) is 0 Å². The third kappa shape index (κ3) is 10.5. The van der Waals surface area contributed by atoms with Gasteiger partial charge in [0.2, 0.25) is 11.5 Å². The zero-order valence-electron chi connectivity index (χ0n) is 32.0. The Morgan fingerprint density at radius 3 is 2.31 bits per heavy atom. The van der Waals surface area contributed by atoms with Crippen LogP contribution in [0.4, 0.5) is 16.2 Å². The minimum absolute atomic E-state index is 0.208. The molecule has 1 aromatic heterocycles. The van der Waals surface area contributed by atoms with E-state index in [4.69, 9.17) is 21.3 Å². The molecule has 6 aromatic rings. The van der Waals surface area contributed by atoms with E-state index in [-0.39, 0.29) is 30.5 Å². The third-order valence-corrected chi connectivity index (χ3v) is 10.6. The summed E-state index contributed by atoms with van der Waals surface area (Å²) in [7, 11) is 0. The highest BCUT2D eigenvalue weighted by Gasteiger charge is 2.24. The molecule has 0 bridgehead atoms. The molecule has 2 amide bonds. The number of hydrogen-bond donors (Lipinski definition) is 4. The number of aliphatic hydroxyl groups is 1. The number of aromatic nitrogens is 1. The van der Waals surface area contributed by atoms with Gasteiger partial charge in [0.15, 0.2) is 0 Å². The molecule has 298 valence electrons. The maximum absolute atomic E-state index is 13.0. The number of ether oxygens (including phenoxy) is 2. The number of fused-ring (bicyclic) bond motifs is 1. The van der Waals surface area contributed by atoms with Crippen LogP contribution in [0.25, 0.3) is 22.0 Å². The summed E-state index contributed by atoms with van der Waals surface area (Å²) in [6.07, 6.45) is 0.0584. The number of carbonyl (C=O) groups is 2. The van der Waals surface area contributed by atoms with Gasteiger partial charge in [0.25, 0.3) is 0 Å². The van der Waals surface area contributed by atoms with E-state index in [0.29, 0.717) is 79.2 Å². The number of aliphatic hydroxyl groups excluding tert-OH is 1. The van der Waals surface area contributed by atoms with Gasteiger partial charge in [-0.3, -0.25) is 14.9 Å². The summed E-state index contributed by atoms with van der Waals surface area (Å²) >= 11 is 6.48. The number of likely N-dealkylation sites (tertiary alicyclic amines) is 1. The van der Waals surface area contributed by atoms with E-state index in [1.165, 1.54) is 6.07 Å². The van der Waals surface area contributed by atoms with Crippen LogP contribution < -0.4 is 25.3 Å². The van der Waals surface area contributed by atoms with Crippen molar-refractivity contribution in [3.63, 3.8) is 0 Å². The van der Waals surface area contributed by atoms with Crippen molar-refractivity contribution in [2.45, 2.75) is 44.6 Å². The molecule has 0 aliphatic carbocycles. The standard InChI is InChI=1S/C46H46ClN5O6/c47-52(44(55)25-28-51-26-23-36(24-27-51)58-46(56)49-40-14-8-7-13-37(40)34-11-5-2-6-12-34)35-17-15-32(16-18-35)29-48-30-41(53)38-19-21-42(45-39(38)20-22-43(54)50-45)57-31-33-9-3-1-4-10-33/h1-22,36,41,48,53H,23-31H2,(H,49,56)(H,50,54). The number of anilines is 2. The van der Waals surface area contributed by atoms with Gasteiger partial charge >= 0.3 is 6.09 Å². The van der Waals surface area contributed by atoms with Crippen LogP contribution in [0.3, 0.4) is 0 Å². The number of hydrogen-bond acceptors (Lipinski definition) is 8. The molecule has 1 unspecified atom stereocenters. The fourth-order valence-corrected chi connectivity index (χ4v) is 7.30. The number of rotatable bonds is 15. The molecular formula is C46H46ClN5O6. The Kier molecular flexibility index (Phi) is 13.5. The predicted molar refractivity (Wildman–Crippen MR) is 228 cm³/mol. The Labute approximate surface area is 342 Å². The first-order chi connectivity index (χ1) is 28.3. The Morgan fingerprint density at radius 1 is 0.845 bits per heavy atom. The fourth-order valence-electron chi connectivity index (χ4n) is 7.10. The molecule has 7 rings (SSSR count). The van der Waals surface area contributed by atoms with E-state index >= 15 is 0 Å². The molecule has 58 heavy (non-hydrogen) atoms. The van der Waals surface area contributed by atoms with E-state index in [2.05, 4.69) is 20.5 Å². The van der Waals surface area contributed by atoms with E-state index in [1.807, 2.05) is 103 Å². The molecule has 1 saturated heterocycles. The highest BCUT2D eigenvalue weighted by Crippen LogP contribution is 2.31. The monoisotopic (exact) mass is 799 g/mol. The fraction of sp³-hybridized carbons (Fsp3) is 0.239. The molecule has 4 N–H and O–H groups in total. The topological polar surface area (TPSA) is 136 Å². The SMILES string of the molecule is O=C(Nc1ccccc1-c1ccccc1)OC1CCN(CCC(=O)N(Cl)c2ccc(CNCC(O)c3ccc(OCc4ccccc4)c4[nH]c(=O)ccc34)cc2)CC1. The summed E-state index contributed by atoms with van der Waals surface area (Å²) in [4.78, 5) is 43.1. The average Bonchev–Trinajstić information content (AvgIpc) is 3.26. The molecule has 5 aromatic carbocycles. The van der Waals surface area contributed by atoms with Crippen LogP contribution in [0.1, 0.15) is 42.1 Å². The normalized spacial score (nSPS) is 13.8. The van der Waals surface area contributed by atoms with Crippen molar-refractivity contribution in [3.8, 4) is 16.9 Å². The lowest BCUT2D eigenvalue weighted by Crippen LogP contribution is -2.40. The number of piperidine rings is 1. The molecule has 0 saturated carbocycles. The second-order valence-corrected chi connectivity index (χ2v) is 14.6. The first kappa shape index (κ1) is 40.2. The second-order valence-electron chi connectivity index (χ2n) is 14.3. The predicted octanol–water partition coefficient (Wildman–Crippen LogP) is 8.19. The maximum Gasteiger partial charge on any atom is 0.411 e. The lowest BCUT2D eigenvalue weighted by molar-refractivity contribution is -0.117. The van der Waals surface area contributed by atoms with Gasteiger partial charge < -0.3 is 29.8 Å². The number of nitrogens with zero attached hydrogens (tertiary/aromatic N) is 2. The zero-order chi connectivity index (χ0) is 40.3. The van der Waals surface area contributed by atoms with Crippen molar-refractivity contribution in [1.29, 1.82) is 0 Å². The van der Waals surface area contributed by atoms with Crippen molar-refractivity contribution in [2.24, 2.45) is 0 Å². The molecule has 11 nitrogen and oxygen atoms in total. The van der Waals surface area contributed by atoms with Gasteiger partial charge in [-0.15, -0.1) is 0 Å². The van der Waals surface area contributed by atoms with Crippen molar-refractivity contribution >= 4 is 46.1 Å². The minimum atomic E-state index is -0.849. The van der Waals surface area contributed by atoms with Crippen molar-refractivity contribution in [2.75, 3.05) is 35.9 Å². The molecule has 0 radical (unpaired) electrons. The number of halogens is 1. The number of benzene rings is 5. The first-order valence-electron chi connectivity index (χ1n) is 19.4. The quantitative estimate of drug-likeness (QED) is 0.0764. The summed E-state index contributed by atoms with van der Waals surface area (Å²) in [5, 5.41) is 18.1. The number of pyridine rings is 1. The largest absolute Gasteiger partial charge is 0.487 e. The van der Waals surface area contributed by atoms with Gasteiger partial charge in [0.1, 0.15) is 18.5 Å². The van der Waals surface area contributed by atoms with E-state index < -0.39 is 12.2 Å². The Hall–Kier alpha value is -5.98. The molecule has 2 heterocycles. The highest BCUT2D eigenvalue weighted by molar-refractivity contribution is 6.36. The Morgan fingerprint density at radius 2 is 1.55 bits per heavy atom. The molecule has 1 fully saturated rings. The van der Waals surface area contributed by atoms with Gasteiger partial charge in [0.05, 0.1) is 23.0 Å². The van der Waals surface area contributed by atoms with Crippen LogP contribution in [0.15, 0.2) is 138 Å². The van der Waals surface area contributed by atoms with Crippen LogP contribution in [-0.4, -0.2) is 59.3 Å². The summed E-state index contributed by atoms with van der Waals surface area (Å²) in [6, 6.07) is 41.4. The van der Waals surface area contributed by atoms with Gasteiger partial charge in [-0.1, -0.05) is 97.1 Å². The van der Waals surface area contributed by atoms with Gasteiger partial charge in [0, 0.05) is 67.9 Å². The van der Waals surface area contributed by atoms with Crippen molar-refractivity contribution < 1.29 is 24.2 Å². The average molecular weight is 800 g/mol. The lowest BCUT2D eigenvalue weighted by atomic mass is 10.0. The number of H-pyrrole nitrogens is 1. The van der Waals surface area contributed by atoms with Crippen LogP contribution >= 0.6 is 11.8 Å². The number of aromatic amines is 1. The van der Waals surface area contributed by atoms with Crippen LogP contribution in [0, 0.1) is 0 Å². The van der Waals surface area contributed by atoms with Gasteiger partial charge in [-0.2, -0.15) is 0 Å². The number of amides is 2. The summed E-state index contributed by atoms with van der Waals surface area (Å²) in [5.41, 5.74) is 6.10. The first-order valence-corrected chi connectivity index (χ1v) is 19.8. The zero-order valence-corrected chi connectivity index (χ0v) is 32.7. The maximum atomic E-state index is 13.0. The molecule has 0 spiro atoms. The summed E-state index contributed by atoms with van der Waals surface area (Å²) < 4.78 is 12.9. The van der Waals surface area contributed by atoms with Crippen molar-refractivity contribution in [3.05, 3.63) is 161 Å². The Bertz CT molecular complexity index is 2350. The second kappa shape index (κ2) is 19.4. The summed E-state index contributed by atoms with van der Waals surface area (Å²) in [5.74, 6) is 0.318. The minimum Gasteiger partial charge on any atom is -0.487 e. The number of nitrogens with one attached hydrogen (secondary N) is 3. The molecule has 1 aliphatic rings.